The number of fused-ring (bicyclic) bond motifs is 1. The lowest BCUT2D eigenvalue weighted by molar-refractivity contribution is 1.69. The van der Waals surface area contributed by atoms with E-state index in [1.54, 1.807) is 11.3 Å². The molecule has 0 aliphatic heterocycles. The predicted octanol–water partition coefficient (Wildman–Crippen LogP) is 6.30. The Morgan fingerprint density at radius 2 is 1.40 bits per heavy atom. The SMILES string of the molecule is c1csc(-c2ccc(-c3cc4ccccc4s3)cc2)c1. The van der Waals surface area contributed by atoms with E-state index in [9.17, 15) is 0 Å². The normalized spacial score (nSPS) is 11.0. The average Bonchev–Trinajstić information content (AvgIpc) is 3.17. The van der Waals surface area contributed by atoms with E-state index in [1.165, 1.54) is 31.0 Å². The van der Waals surface area contributed by atoms with E-state index < -0.39 is 0 Å². The maximum Gasteiger partial charge on any atom is 0.0355 e. The number of hydrogen-bond acceptors (Lipinski definition) is 2. The van der Waals surface area contributed by atoms with E-state index in [1.807, 2.05) is 11.3 Å². The van der Waals surface area contributed by atoms with Crippen LogP contribution in [-0.4, -0.2) is 0 Å². The Labute approximate surface area is 126 Å². The summed E-state index contributed by atoms with van der Waals surface area (Å²) < 4.78 is 1.35. The van der Waals surface area contributed by atoms with Gasteiger partial charge in [-0.15, -0.1) is 22.7 Å². The fourth-order valence-electron chi connectivity index (χ4n) is 2.37. The summed E-state index contributed by atoms with van der Waals surface area (Å²) in [6.45, 7) is 0. The first-order chi connectivity index (χ1) is 9.90. The summed E-state index contributed by atoms with van der Waals surface area (Å²) >= 11 is 3.64. The molecule has 20 heavy (non-hydrogen) atoms. The van der Waals surface area contributed by atoms with Gasteiger partial charge in [0.2, 0.25) is 0 Å². The third kappa shape index (κ3) is 2.07. The van der Waals surface area contributed by atoms with Crippen LogP contribution >= 0.6 is 22.7 Å². The monoisotopic (exact) mass is 292 g/mol. The van der Waals surface area contributed by atoms with Gasteiger partial charge in [0.1, 0.15) is 0 Å². The lowest BCUT2D eigenvalue weighted by Gasteiger charge is -2.00. The largest absolute Gasteiger partial charge is 0.144 e. The smallest absolute Gasteiger partial charge is 0.0355 e. The summed E-state index contributed by atoms with van der Waals surface area (Å²) in [5, 5.41) is 3.45. The molecular weight excluding hydrogens is 280 g/mol. The number of hydrogen-bond donors (Lipinski definition) is 0. The lowest BCUT2D eigenvalue weighted by atomic mass is 10.1. The summed E-state index contributed by atoms with van der Waals surface area (Å²) in [5.41, 5.74) is 2.59. The van der Waals surface area contributed by atoms with Crippen LogP contribution in [0.4, 0.5) is 0 Å². The molecule has 0 aliphatic rings. The highest BCUT2D eigenvalue weighted by Gasteiger charge is 2.04. The van der Waals surface area contributed by atoms with E-state index in [0.29, 0.717) is 0 Å². The van der Waals surface area contributed by atoms with Crippen molar-refractivity contribution in [2.75, 3.05) is 0 Å². The molecule has 0 N–H and O–H groups in total. The second-order valence-electron chi connectivity index (χ2n) is 4.70. The summed E-state index contributed by atoms with van der Waals surface area (Å²) in [5.74, 6) is 0. The number of thiophene rings is 2. The molecule has 0 spiro atoms. The summed E-state index contributed by atoms with van der Waals surface area (Å²) in [7, 11) is 0. The first-order valence-corrected chi connectivity index (χ1v) is 8.23. The van der Waals surface area contributed by atoms with Crippen molar-refractivity contribution in [2.24, 2.45) is 0 Å². The zero-order chi connectivity index (χ0) is 13.4. The average molecular weight is 292 g/mol. The van der Waals surface area contributed by atoms with Gasteiger partial charge in [0, 0.05) is 14.5 Å². The van der Waals surface area contributed by atoms with Gasteiger partial charge in [-0.3, -0.25) is 0 Å². The van der Waals surface area contributed by atoms with Crippen molar-refractivity contribution in [1.29, 1.82) is 0 Å². The Morgan fingerprint density at radius 3 is 2.10 bits per heavy atom. The van der Waals surface area contributed by atoms with Crippen molar-refractivity contribution in [3.05, 3.63) is 72.1 Å². The van der Waals surface area contributed by atoms with Gasteiger partial charge in [0.15, 0.2) is 0 Å². The summed E-state index contributed by atoms with van der Waals surface area (Å²) in [6, 6.07) is 24.0. The standard InChI is InChI=1S/C18H12S2/c1-2-5-17-15(4-1)12-18(20-17)14-9-7-13(8-10-14)16-6-3-11-19-16/h1-12H. The first-order valence-electron chi connectivity index (χ1n) is 6.53. The van der Waals surface area contributed by atoms with Gasteiger partial charge in [0.25, 0.3) is 0 Å². The molecule has 96 valence electrons. The molecule has 4 rings (SSSR count). The number of benzene rings is 2. The fraction of sp³-hybridized carbons (Fsp3) is 0. The molecule has 0 bridgehead atoms. The van der Waals surface area contributed by atoms with Crippen molar-refractivity contribution in [3.63, 3.8) is 0 Å². The minimum Gasteiger partial charge on any atom is -0.144 e. The van der Waals surface area contributed by atoms with Crippen molar-refractivity contribution >= 4 is 32.8 Å². The molecule has 0 radical (unpaired) electrons. The van der Waals surface area contributed by atoms with Crippen molar-refractivity contribution in [3.8, 4) is 20.9 Å². The second kappa shape index (κ2) is 4.89. The highest BCUT2D eigenvalue weighted by Crippen LogP contribution is 2.34. The molecule has 0 nitrogen and oxygen atoms in total. The Bertz CT molecular complexity index is 804. The fourth-order valence-corrected chi connectivity index (χ4v) is 4.17. The molecule has 0 saturated carbocycles. The van der Waals surface area contributed by atoms with Crippen molar-refractivity contribution in [2.45, 2.75) is 0 Å². The Balaban J connectivity index is 1.75. The second-order valence-corrected chi connectivity index (χ2v) is 6.73. The summed E-state index contributed by atoms with van der Waals surface area (Å²) in [6.07, 6.45) is 0. The molecule has 0 fully saturated rings. The topological polar surface area (TPSA) is 0 Å². The van der Waals surface area contributed by atoms with E-state index >= 15 is 0 Å². The van der Waals surface area contributed by atoms with Gasteiger partial charge < -0.3 is 0 Å². The van der Waals surface area contributed by atoms with Gasteiger partial charge in [-0.25, -0.2) is 0 Å². The third-order valence-corrected chi connectivity index (χ3v) is 5.48. The molecule has 2 aromatic carbocycles. The molecule has 2 heterocycles. The van der Waals surface area contributed by atoms with E-state index in [0.717, 1.165) is 0 Å². The first kappa shape index (κ1) is 11.9. The van der Waals surface area contributed by atoms with Crippen LogP contribution in [0.2, 0.25) is 0 Å². The zero-order valence-electron chi connectivity index (χ0n) is 10.7. The quantitative estimate of drug-likeness (QED) is 0.407. The highest BCUT2D eigenvalue weighted by molar-refractivity contribution is 7.22. The highest BCUT2D eigenvalue weighted by atomic mass is 32.1. The van der Waals surface area contributed by atoms with Crippen molar-refractivity contribution < 1.29 is 0 Å². The molecule has 0 aliphatic carbocycles. The minimum atomic E-state index is 1.30. The molecule has 0 atom stereocenters. The Morgan fingerprint density at radius 1 is 0.650 bits per heavy atom. The minimum absolute atomic E-state index is 1.30. The van der Waals surface area contributed by atoms with E-state index in [-0.39, 0.29) is 0 Å². The van der Waals surface area contributed by atoms with E-state index in [4.69, 9.17) is 0 Å². The van der Waals surface area contributed by atoms with Crippen LogP contribution in [-0.2, 0) is 0 Å². The van der Waals surface area contributed by atoms with Crippen LogP contribution in [0.1, 0.15) is 0 Å². The van der Waals surface area contributed by atoms with Crippen LogP contribution in [0.15, 0.2) is 72.1 Å². The van der Waals surface area contributed by atoms with Gasteiger partial charge in [0.05, 0.1) is 0 Å². The maximum atomic E-state index is 2.28. The molecule has 0 amide bonds. The van der Waals surface area contributed by atoms with Gasteiger partial charge in [-0.1, -0.05) is 48.5 Å². The molecule has 0 saturated heterocycles. The molecule has 0 unspecified atom stereocenters. The van der Waals surface area contributed by atoms with Gasteiger partial charge >= 0.3 is 0 Å². The summed E-state index contributed by atoms with van der Waals surface area (Å²) in [4.78, 5) is 2.66. The van der Waals surface area contributed by atoms with Crippen LogP contribution in [0.25, 0.3) is 31.0 Å². The maximum absolute atomic E-state index is 2.28. The van der Waals surface area contributed by atoms with Gasteiger partial charge in [-0.2, -0.15) is 0 Å². The molecule has 4 aromatic rings. The van der Waals surface area contributed by atoms with E-state index in [2.05, 4.69) is 72.1 Å². The van der Waals surface area contributed by atoms with Crippen LogP contribution in [0.5, 0.6) is 0 Å². The van der Waals surface area contributed by atoms with Crippen LogP contribution in [0.3, 0.4) is 0 Å². The molecule has 2 aromatic heterocycles. The lowest BCUT2D eigenvalue weighted by Crippen LogP contribution is -1.74. The molecular formula is C18H12S2. The number of rotatable bonds is 2. The predicted molar refractivity (Wildman–Crippen MR) is 90.6 cm³/mol. The van der Waals surface area contributed by atoms with Gasteiger partial charge in [-0.05, 0) is 40.1 Å². The Kier molecular flexibility index (Phi) is 2.91. The van der Waals surface area contributed by atoms with Crippen LogP contribution < -0.4 is 0 Å². The molecule has 2 heteroatoms. The van der Waals surface area contributed by atoms with Crippen molar-refractivity contribution in [1.82, 2.24) is 0 Å². The third-order valence-electron chi connectivity index (χ3n) is 3.40. The van der Waals surface area contributed by atoms with Crippen LogP contribution in [0, 0.1) is 0 Å². The Hall–Kier alpha value is -1.90. The zero-order valence-corrected chi connectivity index (χ0v) is 12.4.